The van der Waals surface area contributed by atoms with E-state index in [0.29, 0.717) is 24.9 Å². The molecule has 0 amide bonds. The summed E-state index contributed by atoms with van der Waals surface area (Å²) in [5.74, 6) is 1.09. The summed E-state index contributed by atoms with van der Waals surface area (Å²) in [7, 11) is -1.63. The highest BCUT2D eigenvalue weighted by Gasteiger charge is 2.38. The minimum absolute atomic E-state index is 0. The lowest BCUT2D eigenvalue weighted by Crippen LogP contribution is -2.43. The molecule has 108 valence electrons. The zero-order valence-electron chi connectivity index (χ0n) is 10.8. The average molecular weight is 307 g/mol. The summed E-state index contributed by atoms with van der Waals surface area (Å²) in [6, 6.07) is 0. The fourth-order valence-corrected chi connectivity index (χ4v) is 4.35. The molecule has 2 aliphatic rings. The molecular formula is C11H19ClN4O2S. The Balaban J connectivity index is 0.00000133. The average Bonchev–Trinajstić information content (AvgIpc) is 2.96. The smallest absolute Gasteiger partial charge is 0.262 e. The molecule has 0 bridgehead atoms. The van der Waals surface area contributed by atoms with Crippen molar-refractivity contribution in [3.8, 4) is 0 Å². The first-order valence-corrected chi connectivity index (χ1v) is 7.70. The molecule has 19 heavy (non-hydrogen) atoms. The van der Waals surface area contributed by atoms with Gasteiger partial charge in [0.15, 0.2) is 5.03 Å². The van der Waals surface area contributed by atoms with E-state index in [-0.39, 0.29) is 17.4 Å². The molecule has 0 aromatic carbocycles. The van der Waals surface area contributed by atoms with Crippen molar-refractivity contribution in [3.05, 3.63) is 12.5 Å². The SMILES string of the molecule is Cl.Cn1cnc(S(=O)(=O)N2CCC3CNCC3C2)c1. The van der Waals surface area contributed by atoms with Crippen LogP contribution in [0.1, 0.15) is 6.42 Å². The topological polar surface area (TPSA) is 67.2 Å². The normalized spacial score (nSPS) is 27.8. The van der Waals surface area contributed by atoms with Crippen LogP contribution in [0.2, 0.25) is 0 Å². The maximum absolute atomic E-state index is 12.4. The molecule has 2 atom stereocenters. The van der Waals surface area contributed by atoms with Gasteiger partial charge >= 0.3 is 0 Å². The van der Waals surface area contributed by atoms with Gasteiger partial charge in [-0.15, -0.1) is 12.4 Å². The third-order valence-corrected chi connectivity index (χ3v) is 5.70. The van der Waals surface area contributed by atoms with Gasteiger partial charge in [-0.2, -0.15) is 4.31 Å². The number of halogens is 1. The number of hydrogen-bond acceptors (Lipinski definition) is 4. The van der Waals surface area contributed by atoms with Crippen LogP contribution in [-0.4, -0.2) is 48.5 Å². The van der Waals surface area contributed by atoms with Gasteiger partial charge in [0.25, 0.3) is 10.0 Å². The van der Waals surface area contributed by atoms with Crippen LogP contribution in [0.15, 0.2) is 17.6 Å². The molecular weight excluding hydrogens is 288 g/mol. The van der Waals surface area contributed by atoms with Gasteiger partial charge in [0, 0.05) is 26.3 Å². The molecule has 3 rings (SSSR count). The van der Waals surface area contributed by atoms with Crippen molar-refractivity contribution in [3.63, 3.8) is 0 Å². The van der Waals surface area contributed by atoms with Crippen LogP contribution >= 0.6 is 12.4 Å². The predicted octanol–water partition coefficient (Wildman–Crippen LogP) is 0.0719. The lowest BCUT2D eigenvalue weighted by Gasteiger charge is -2.32. The Hall–Kier alpha value is -0.630. The summed E-state index contributed by atoms with van der Waals surface area (Å²) in [6.45, 7) is 3.19. The van der Waals surface area contributed by atoms with Crippen LogP contribution in [0.25, 0.3) is 0 Å². The minimum Gasteiger partial charge on any atom is -0.339 e. The first-order valence-electron chi connectivity index (χ1n) is 6.26. The number of imidazole rings is 1. The van der Waals surface area contributed by atoms with Crippen LogP contribution in [0.4, 0.5) is 0 Å². The van der Waals surface area contributed by atoms with Gasteiger partial charge in [0.1, 0.15) is 0 Å². The highest BCUT2D eigenvalue weighted by Crippen LogP contribution is 2.29. The van der Waals surface area contributed by atoms with Crippen LogP contribution in [0, 0.1) is 11.8 Å². The second-order valence-corrected chi connectivity index (χ2v) is 7.09. The highest BCUT2D eigenvalue weighted by atomic mass is 35.5. The van der Waals surface area contributed by atoms with E-state index in [9.17, 15) is 8.42 Å². The summed E-state index contributed by atoms with van der Waals surface area (Å²) in [5.41, 5.74) is 0. The van der Waals surface area contributed by atoms with Crippen molar-refractivity contribution in [1.29, 1.82) is 0 Å². The van der Waals surface area contributed by atoms with Gasteiger partial charge in [-0.05, 0) is 31.3 Å². The van der Waals surface area contributed by atoms with Gasteiger partial charge in [-0.25, -0.2) is 13.4 Å². The number of nitrogens with zero attached hydrogens (tertiary/aromatic N) is 3. The zero-order valence-corrected chi connectivity index (χ0v) is 12.5. The maximum atomic E-state index is 12.4. The number of aromatic nitrogens is 2. The summed E-state index contributed by atoms with van der Waals surface area (Å²) in [6.07, 6.45) is 4.04. The number of rotatable bonds is 2. The van der Waals surface area contributed by atoms with Crippen LogP contribution in [0.5, 0.6) is 0 Å². The molecule has 1 aromatic heterocycles. The van der Waals surface area contributed by atoms with E-state index in [2.05, 4.69) is 10.3 Å². The largest absolute Gasteiger partial charge is 0.339 e. The van der Waals surface area contributed by atoms with Gasteiger partial charge in [-0.1, -0.05) is 0 Å². The second-order valence-electron chi connectivity index (χ2n) is 5.21. The van der Waals surface area contributed by atoms with Crippen molar-refractivity contribution >= 4 is 22.4 Å². The van der Waals surface area contributed by atoms with Crippen molar-refractivity contribution in [2.45, 2.75) is 11.4 Å². The lowest BCUT2D eigenvalue weighted by molar-refractivity contribution is 0.227. The molecule has 0 radical (unpaired) electrons. The molecule has 2 saturated heterocycles. The molecule has 1 N–H and O–H groups in total. The van der Waals surface area contributed by atoms with Crippen LogP contribution < -0.4 is 5.32 Å². The molecule has 0 saturated carbocycles. The summed E-state index contributed by atoms with van der Waals surface area (Å²) >= 11 is 0. The quantitative estimate of drug-likeness (QED) is 0.840. The lowest BCUT2D eigenvalue weighted by atomic mass is 9.90. The predicted molar refractivity (Wildman–Crippen MR) is 73.7 cm³/mol. The molecule has 2 aliphatic heterocycles. The Kier molecular flexibility index (Phi) is 4.20. The third-order valence-electron chi connectivity index (χ3n) is 3.95. The molecule has 2 unspecified atom stereocenters. The fourth-order valence-electron chi connectivity index (χ4n) is 2.87. The first kappa shape index (κ1) is 14.8. The van der Waals surface area contributed by atoms with E-state index < -0.39 is 10.0 Å². The van der Waals surface area contributed by atoms with Gasteiger partial charge in [-0.3, -0.25) is 0 Å². The van der Waals surface area contributed by atoms with Crippen molar-refractivity contribution < 1.29 is 8.42 Å². The third kappa shape index (κ3) is 2.65. The summed E-state index contributed by atoms with van der Waals surface area (Å²) < 4.78 is 28.1. The van der Waals surface area contributed by atoms with E-state index >= 15 is 0 Å². The van der Waals surface area contributed by atoms with Gasteiger partial charge in [0.2, 0.25) is 0 Å². The molecule has 0 aliphatic carbocycles. The standard InChI is InChI=1S/C11H18N4O2S.ClH/c1-14-7-11(13-8-14)18(16,17)15-3-2-9-4-12-5-10(9)6-15;/h7-10,12H,2-6H2,1H3;1H. The van der Waals surface area contributed by atoms with E-state index in [1.54, 1.807) is 22.1 Å². The van der Waals surface area contributed by atoms with Gasteiger partial charge < -0.3 is 9.88 Å². The maximum Gasteiger partial charge on any atom is 0.262 e. The summed E-state index contributed by atoms with van der Waals surface area (Å²) in [4.78, 5) is 3.97. The Morgan fingerprint density at radius 3 is 2.79 bits per heavy atom. The Morgan fingerprint density at radius 2 is 2.11 bits per heavy atom. The van der Waals surface area contributed by atoms with Crippen molar-refractivity contribution in [2.24, 2.45) is 18.9 Å². The highest BCUT2D eigenvalue weighted by molar-refractivity contribution is 7.89. The Labute approximate surface area is 119 Å². The molecule has 3 heterocycles. The van der Waals surface area contributed by atoms with Crippen molar-refractivity contribution in [1.82, 2.24) is 19.2 Å². The van der Waals surface area contributed by atoms with E-state index in [0.717, 1.165) is 19.5 Å². The molecule has 1 aromatic rings. The fraction of sp³-hybridized carbons (Fsp3) is 0.727. The van der Waals surface area contributed by atoms with Gasteiger partial charge in [0.05, 0.1) is 6.33 Å². The zero-order chi connectivity index (χ0) is 12.8. The number of hydrogen-bond donors (Lipinski definition) is 1. The summed E-state index contributed by atoms with van der Waals surface area (Å²) in [5, 5.41) is 3.50. The second kappa shape index (κ2) is 5.40. The minimum atomic E-state index is -3.41. The van der Waals surface area contributed by atoms with E-state index in [1.807, 2.05) is 0 Å². The van der Waals surface area contributed by atoms with E-state index in [1.165, 1.54) is 6.33 Å². The molecule has 8 heteroatoms. The number of sulfonamides is 1. The number of fused-ring (bicyclic) bond motifs is 1. The monoisotopic (exact) mass is 306 g/mol. The Morgan fingerprint density at radius 1 is 1.37 bits per heavy atom. The van der Waals surface area contributed by atoms with Crippen LogP contribution in [-0.2, 0) is 17.1 Å². The number of piperidine rings is 1. The molecule has 0 spiro atoms. The number of aryl methyl sites for hydroxylation is 1. The first-order chi connectivity index (χ1) is 8.57. The van der Waals surface area contributed by atoms with Crippen molar-refractivity contribution in [2.75, 3.05) is 26.2 Å². The number of nitrogens with one attached hydrogen (secondary N) is 1. The Bertz CT molecular complexity index is 545. The molecule has 6 nitrogen and oxygen atoms in total. The van der Waals surface area contributed by atoms with E-state index in [4.69, 9.17) is 0 Å². The van der Waals surface area contributed by atoms with Crippen LogP contribution in [0.3, 0.4) is 0 Å². The molecule has 2 fully saturated rings.